The molecule has 4 nitrogen and oxygen atoms in total. The smallest absolute Gasteiger partial charge is 0.407 e. The van der Waals surface area contributed by atoms with E-state index < -0.39 is 11.6 Å². The van der Waals surface area contributed by atoms with Crippen molar-refractivity contribution >= 4 is 6.09 Å². The number of alkyl carbamates (subject to hydrolysis) is 1. The Morgan fingerprint density at radius 1 is 1.07 bits per heavy atom. The minimum Gasteiger partial charge on any atom is -0.449 e. The van der Waals surface area contributed by atoms with Crippen molar-refractivity contribution in [3.8, 4) is 11.1 Å². The van der Waals surface area contributed by atoms with Crippen LogP contribution in [0.1, 0.15) is 49.7 Å². The monoisotopic (exact) mass is 365 g/mol. The lowest BCUT2D eigenvalue weighted by Gasteiger charge is -2.34. The van der Waals surface area contributed by atoms with E-state index in [0.29, 0.717) is 12.5 Å². The third-order valence-electron chi connectivity index (χ3n) is 6.32. The fourth-order valence-electron chi connectivity index (χ4n) is 4.70. The number of ether oxygens (including phenoxy) is 1. The van der Waals surface area contributed by atoms with Crippen LogP contribution in [0.3, 0.4) is 0 Å². The molecule has 0 saturated heterocycles. The van der Waals surface area contributed by atoms with E-state index >= 15 is 0 Å². The normalized spacial score (nSPS) is 18.6. The number of carbonyl (C=O) groups excluding carboxylic acids is 1. The van der Waals surface area contributed by atoms with Crippen LogP contribution in [0.4, 0.5) is 4.79 Å². The van der Waals surface area contributed by atoms with Gasteiger partial charge in [0, 0.05) is 5.92 Å². The minimum absolute atomic E-state index is 0.0509. The van der Waals surface area contributed by atoms with Gasteiger partial charge < -0.3 is 15.2 Å². The molecule has 0 aliphatic heterocycles. The molecular weight excluding hydrogens is 338 g/mol. The predicted molar refractivity (Wildman–Crippen MR) is 106 cm³/mol. The molecule has 1 atom stereocenters. The maximum absolute atomic E-state index is 12.5. The molecule has 0 aromatic heterocycles. The average Bonchev–Trinajstić information content (AvgIpc) is 3.34. The molecular formula is C23H27NO3. The van der Waals surface area contributed by atoms with Gasteiger partial charge in [-0.2, -0.15) is 0 Å². The Kier molecular flexibility index (Phi) is 4.92. The molecule has 2 N–H and O–H groups in total. The molecule has 142 valence electrons. The van der Waals surface area contributed by atoms with E-state index in [1.165, 1.54) is 22.3 Å². The molecule has 1 amide bonds. The highest BCUT2D eigenvalue weighted by Crippen LogP contribution is 2.44. The van der Waals surface area contributed by atoms with Crippen molar-refractivity contribution in [2.45, 2.75) is 44.1 Å². The van der Waals surface area contributed by atoms with Crippen molar-refractivity contribution in [1.29, 1.82) is 0 Å². The summed E-state index contributed by atoms with van der Waals surface area (Å²) in [5, 5.41) is 12.8. The van der Waals surface area contributed by atoms with Crippen molar-refractivity contribution in [3.05, 3.63) is 59.7 Å². The van der Waals surface area contributed by atoms with Crippen LogP contribution in [0.2, 0.25) is 0 Å². The average molecular weight is 365 g/mol. The zero-order chi connectivity index (χ0) is 18.9. The summed E-state index contributed by atoms with van der Waals surface area (Å²) in [7, 11) is 0. The molecule has 2 aliphatic rings. The Bertz CT molecular complexity index is 782. The lowest BCUT2D eigenvalue weighted by atomic mass is 9.85. The van der Waals surface area contributed by atoms with Gasteiger partial charge in [-0.05, 0) is 47.9 Å². The number of amides is 1. The van der Waals surface area contributed by atoms with Crippen LogP contribution in [0.5, 0.6) is 0 Å². The second-order valence-electron chi connectivity index (χ2n) is 8.01. The van der Waals surface area contributed by atoms with E-state index in [9.17, 15) is 9.90 Å². The summed E-state index contributed by atoms with van der Waals surface area (Å²) in [4.78, 5) is 12.5. The molecule has 0 radical (unpaired) electrons. The number of fused-ring (bicyclic) bond motifs is 3. The summed E-state index contributed by atoms with van der Waals surface area (Å²) < 4.78 is 5.64. The topological polar surface area (TPSA) is 58.6 Å². The van der Waals surface area contributed by atoms with Gasteiger partial charge in [0.2, 0.25) is 0 Å². The van der Waals surface area contributed by atoms with Crippen LogP contribution < -0.4 is 5.32 Å². The lowest BCUT2D eigenvalue weighted by Crippen LogP contribution is -2.53. The highest BCUT2D eigenvalue weighted by atomic mass is 16.5. The van der Waals surface area contributed by atoms with Crippen LogP contribution in [0.25, 0.3) is 11.1 Å². The number of rotatable bonds is 5. The van der Waals surface area contributed by atoms with Crippen LogP contribution in [0.15, 0.2) is 48.5 Å². The third-order valence-corrected chi connectivity index (χ3v) is 6.32. The first-order chi connectivity index (χ1) is 13.1. The summed E-state index contributed by atoms with van der Waals surface area (Å²) in [5.41, 5.74) is 4.22. The largest absolute Gasteiger partial charge is 0.449 e. The van der Waals surface area contributed by atoms with Gasteiger partial charge in [0.25, 0.3) is 0 Å². The Balaban J connectivity index is 1.46. The fourth-order valence-corrected chi connectivity index (χ4v) is 4.70. The Labute approximate surface area is 160 Å². The second-order valence-corrected chi connectivity index (χ2v) is 8.01. The fraction of sp³-hybridized carbons (Fsp3) is 0.435. The van der Waals surface area contributed by atoms with E-state index in [1.807, 2.05) is 31.2 Å². The first-order valence-electron chi connectivity index (χ1n) is 9.86. The Morgan fingerprint density at radius 3 is 2.19 bits per heavy atom. The first kappa shape index (κ1) is 18.1. The van der Waals surface area contributed by atoms with Crippen LogP contribution in [0, 0.1) is 5.92 Å². The molecule has 0 heterocycles. The van der Waals surface area contributed by atoms with Gasteiger partial charge in [-0.3, -0.25) is 0 Å². The van der Waals surface area contributed by atoms with Gasteiger partial charge in [-0.25, -0.2) is 4.79 Å². The second kappa shape index (κ2) is 7.35. The van der Waals surface area contributed by atoms with Crippen LogP contribution in [-0.4, -0.2) is 30.0 Å². The molecule has 0 bridgehead atoms. The molecule has 1 fully saturated rings. The zero-order valence-corrected chi connectivity index (χ0v) is 15.8. The molecule has 1 unspecified atom stereocenters. The van der Waals surface area contributed by atoms with Gasteiger partial charge in [0.1, 0.15) is 6.61 Å². The summed E-state index contributed by atoms with van der Waals surface area (Å²) in [6.07, 6.45) is 3.96. The maximum Gasteiger partial charge on any atom is 0.407 e. The number of carbonyl (C=O) groups is 1. The van der Waals surface area contributed by atoms with Gasteiger partial charge in [-0.15, -0.1) is 0 Å². The number of aliphatic hydroxyl groups excluding tert-OH is 1. The zero-order valence-electron chi connectivity index (χ0n) is 15.8. The van der Waals surface area contributed by atoms with Gasteiger partial charge >= 0.3 is 6.09 Å². The summed E-state index contributed by atoms with van der Waals surface area (Å²) >= 11 is 0. The number of aliphatic hydroxyl groups is 1. The molecule has 27 heavy (non-hydrogen) atoms. The Hall–Kier alpha value is -2.33. The SMILES string of the molecule is CC(CO)(NC(=O)OCC1c2ccccc2-c2ccccc21)C1CCCC1. The van der Waals surface area contributed by atoms with Gasteiger partial charge in [-0.1, -0.05) is 61.4 Å². The molecule has 2 aromatic rings. The molecule has 2 aromatic carbocycles. The van der Waals surface area contributed by atoms with Crippen LogP contribution in [-0.2, 0) is 4.74 Å². The number of hydrogen-bond acceptors (Lipinski definition) is 3. The van der Waals surface area contributed by atoms with E-state index in [0.717, 1.165) is 25.7 Å². The summed E-state index contributed by atoms with van der Waals surface area (Å²) in [6, 6.07) is 16.6. The molecule has 1 saturated carbocycles. The highest BCUT2D eigenvalue weighted by molar-refractivity contribution is 5.79. The number of nitrogens with one attached hydrogen (secondary N) is 1. The predicted octanol–water partition coefficient (Wildman–Crippen LogP) is 4.47. The Morgan fingerprint density at radius 2 is 1.63 bits per heavy atom. The number of benzene rings is 2. The minimum atomic E-state index is -0.612. The van der Waals surface area contributed by atoms with E-state index in [-0.39, 0.29) is 12.5 Å². The van der Waals surface area contributed by atoms with Gasteiger partial charge in [0.05, 0.1) is 12.1 Å². The van der Waals surface area contributed by atoms with Crippen molar-refractivity contribution in [3.63, 3.8) is 0 Å². The first-order valence-corrected chi connectivity index (χ1v) is 9.86. The number of hydrogen-bond donors (Lipinski definition) is 2. The van der Waals surface area contributed by atoms with E-state index in [1.54, 1.807) is 0 Å². The molecule has 2 aliphatic carbocycles. The van der Waals surface area contributed by atoms with Crippen molar-refractivity contribution in [2.24, 2.45) is 5.92 Å². The van der Waals surface area contributed by atoms with Crippen molar-refractivity contribution in [1.82, 2.24) is 5.32 Å². The standard InChI is InChI=1S/C23H27NO3/c1-23(15-25,16-8-2-3-9-16)24-22(26)27-14-21-19-12-6-4-10-17(19)18-11-5-7-13-20(18)21/h4-7,10-13,16,21,25H,2-3,8-9,14-15H2,1H3,(H,24,26). The van der Waals surface area contributed by atoms with E-state index in [4.69, 9.17) is 4.74 Å². The van der Waals surface area contributed by atoms with Gasteiger partial charge in [0.15, 0.2) is 0 Å². The summed E-state index contributed by atoms with van der Waals surface area (Å²) in [5.74, 6) is 0.359. The molecule has 4 rings (SSSR count). The highest BCUT2D eigenvalue weighted by Gasteiger charge is 2.37. The van der Waals surface area contributed by atoms with E-state index in [2.05, 4.69) is 29.6 Å². The summed E-state index contributed by atoms with van der Waals surface area (Å²) in [6.45, 7) is 2.15. The quantitative estimate of drug-likeness (QED) is 0.822. The lowest BCUT2D eigenvalue weighted by molar-refractivity contribution is 0.0901. The van der Waals surface area contributed by atoms with Crippen LogP contribution >= 0.6 is 0 Å². The molecule has 0 spiro atoms. The van der Waals surface area contributed by atoms with Crippen molar-refractivity contribution in [2.75, 3.05) is 13.2 Å². The third kappa shape index (κ3) is 3.34. The molecule has 4 heteroatoms. The van der Waals surface area contributed by atoms with Crippen molar-refractivity contribution < 1.29 is 14.6 Å². The maximum atomic E-state index is 12.5.